The zero-order valence-electron chi connectivity index (χ0n) is 44.2. The number of anilines is 1. The predicted octanol–water partition coefficient (Wildman–Crippen LogP) is 6.34. The van der Waals surface area contributed by atoms with E-state index >= 15 is 0 Å². The van der Waals surface area contributed by atoms with Gasteiger partial charge in [0.2, 0.25) is 23.6 Å². The molecule has 0 saturated carbocycles. The SMILES string of the molecule is CC(C)(C)OC(=O)N[C@@H](Cc1cc(I)c(Oc2ccc(O)c(I)c2)c(I)c1)C(=O)NC1CCN(C(=O)CCCC(=O)NCCOCCC(=O)NCCCCCCOC[C@H]2OC[C@H](Nc3cncc(C(F)(F)F)n3)[C@@H](O)[C@H]2O)CC1. The zero-order chi connectivity index (χ0) is 57.7. The molecule has 0 bridgehead atoms. The molecule has 3 heterocycles. The van der Waals surface area contributed by atoms with Gasteiger partial charge in [0.05, 0.1) is 55.6 Å². The first-order valence-corrected chi connectivity index (χ1v) is 29.2. The van der Waals surface area contributed by atoms with E-state index in [1.807, 2.05) is 34.7 Å². The molecule has 21 nitrogen and oxygen atoms in total. The second kappa shape index (κ2) is 32.5. The van der Waals surface area contributed by atoms with Crippen molar-refractivity contribution in [3.05, 3.63) is 64.7 Å². The van der Waals surface area contributed by atoms with Gasteiger partial charge in [-0.15, -0.1) is 0 Å². The predicted molar refractivity (Wildman–Crippen MR) is 308 cm³/mol. The first-order valence-electron chi connectivity index (χ1n) is 26.0. The van der Waals surface area contributed by atoms with Gasteiger partial charge in [0.15, 0.2) is 11.4 Å². The zero-order valence-corrected chi connectivity index (χ0v) is 50.7. The molecule has 0 radical (unpaired) electrons. The summed E-state index contributed by atoms with van der Waals surface area (Å²) in [6, 6.07) is 6.63. The van der Waals surface area contributed by atoms with E-state index in [1.54, 1.807) is 43.9 Å². The number of rotatable bonds is 28. The lowest BCUT2D eigenvalue weighted by Gasteiger charge is -2.38. The topological polar surface area (TPSA) is 281 Å². The van der Waals surface area contributed by atoms with Crippen LogP contribution >= 0.6 is 67.8 Å². The van der Waals surface area contributed by atoms with Crippen LogP contribution in [0.25, 0.3) is 0 Å². The number of piperidine rings is 1. The van der Waals surface area contributed by atoms with E-state index in [1.165, 1.54) is 0 Å². The monoisotopic (exact) mass is 1450 g/mol. The van der Waals surface area contributed by atoms with Gasteiger partial charge >= 0.3 is 12.3 Å². The Balaban J connectivity index is 0.868. The molecule has 3 aromatic rings. The molecule has 2 saturated heterocycles. The molecule has 5 rings (SSSR count). The number of nitrogens with one attached hydrogen (secondary N) is 5. The van der Waals surface area contributed by atoms with Crippen LogP contribution in [0.1, 0.15) is 96.2 Å². The van der Waals surface area contributed by atoms with E-state index in [9.17, 15) is 52.5 Å². The highest BCUT2D eigenvalue weighted by Crippen LogP contribution is 2.35. The molecule has 79 heavy (non-hydrogen) atoms. The maximum Gasteiger partial charge on any atom is 0.434 e. The van der Waals surface area contributed by atoms with Crippen molar-refractivity contribution in [1.29, 1.82) is 0 Å². The number of carbonyl (C=O) groups is 5. The van der Waals surface area contributed by atoms with Crippen molar-refractivity contribution in [2.75, 3.05) is 64.5 Å². The van der Waals surface area contributed by atoms with Gasteiger partial charge in [-0.05, 0) is 157 Å². The van der Waals surface area contributed by atoms with Gasteiger partial charge < -0.3 is 70.5 Å². The summed E-state index contributed by atoms with van der Waals surface area (Å²) < 4.78 is 69.5. The molecule has 8 N–H and O–H groups in total. The molecule has 0 spiro atoms. The molecular formula is C52H70F3I3N8O13. The smallest absolute Gasteiger partial charge is 0.434 e. The van der Waals surface area contributed by atoms with Crippen LogP contribution in [0.5, 0.6) is 17.2 Å². The van der Waals surface area contributed by atoms with Gasteiger partial charge in [-0.3, -0.25) is 24.2 Å². The van der Waals surface area contributed by atoms with Crippen molar-refractivity contribution < 1.29 is 76.1 Å². The van der Waals surface area contributed by atoms with Crippen LogP contribution in [0.2, 0.25) is 0 Å². The summed E-state index contributed by atoms with van der Waals surface area (Å²) in [5.41, 5.74) is -1.19. The van der Waals surface area contributed by atoms with Gasteiger partial charge in [0.1, 0.15) is 47.3 Å². The third-order valence-corrected chi connectivity index (χ3v) is 14.9. The molecule has 5 amide bonds. The third-order valence-electron chi connectivity index (χ3n) is 12.4. The highest BCUT2D eigenvalue weighted by atomic mass is 127. The number of alkyl carbamates (subject to hydrolysis) is 1. The van der Waals surface area contributed by atoms with Crippen LogP contribution in [-0.4, -0.2) is 161 Å². The Hall–Kier alpha value is -4.15. The highest BCUT2D eigenvalue weighted by Gasteiger charge is 2.40. The Labute approximate surface area is 498 Å². The standard InChI is InChI=1S/C52H70F3I3N8O13/c1-51(2,3)79-50(74)64-37(25-31-23-35(57)48(36(58)24-31)78-33-11-12-39(67)34(56)26-33)49(73)62-32-13-18-66(19-14-32)45(70)10-8-9-43(68)61-17-22-75-21-15-44(69)60-16-6-4-5-7-20-76-30-40-47(72)46(71)38(29-77-40)63-42-28-59-27-41(65-42)52(53,54)55/h11-12,23-24,26-28,32,37-38,40,46-47,67,71-72H,4-10,13-22,25,29-30H2,1-3H3,(H,60,69)(H,61,68)(H,62,73)(H,63,65)(H,64,74)/t37-,38-,40+,46+,47-/m0/s1. The number of aliphatic hydroxyl groups excluding tert-OH is 2. The number of likely N-dealkylation sites (tertiary alicyclic amines) is 1. The maximum atomic E-state index is 13.8. The molecule has 5 atom stereocenters. The minimum atomic E-state index is -4.69. The van der Waals surface area contributed by atoms with Gasteiger partial charge in [-0.25, -0.2) is 9.78 Å². The number of carbonyl (C=O) groups excluding carboxylic acids is 5. The van der Waals surface area contributed by atoms with Crippen LogP contribution in [0.15, 0.2) is 42.7 Å². The summed E-state index contributed by atoms with van der Waals surface area (Å²) >= 11 is 6.36. The summed E-state index contributed by atoms with van der Waals surface area (Å²) in [5, 5.41) is 45.0. The Morgan fingerprint density at radius 2 is 1.52 bits per heavy atom. The molecule has 27 heteroatoms. The van der Waals surface area contributed by atoms with Crippen LogP contribution in [0.4, 0.5) is 23.8 Å². The van der Waals surface area contributed by atoms with Gasteiger partial charge in [0, 0.05) is 64.5 Å². The van der Waals surface area contributed by atoms with Crippen molar-refractivity contribution in [3.63, 3.8) is 0 Å². The average molecular weight is 1450 g/mol. The fourth-order valence-electron chi connectivity index (χ4n) is 8.26. The molecule has 2 aromatic carbocycles. The van der Waals surface area contributed by atoms with Crippen LogP contribution in [0.3, 0.4) is 0 Å². The molecule has 0 aliphatic carbocycles. The fourth-order valence-corrected chi connectivity index (χ4v) is 10.9. The summed E-state index contributed by atoms with van der Waals surface area (Å²) in [6.45, 7) is 7.50. The van der Waals surface area contributed by atoms with Crippen molar-refractivity contribution in [1.82, 2.24) is 36.1 Å². The second-order valence-corrected chi connectivity index (χ2v) is 23.5. The number of alkyl halides is 3. The number of nitrogens with zero attached hydrogens (tertiary/aromatic N) is 3. The molecule has 2 aliphatic rings. The fraction of sp³-hybridized carbons (Fsp3) is 0.596. The number of aromatic nitrogens is 2. The summed E-state index contributed by atoms with van der Waals surface area (Å²) in [5.74, 6) is 0.284. The summed E-state index contributed by atoms with van der Waals surface area (Å²) in [4.78, 5) is 73.2. The Bertz CT molecular complexity index is 2470. The van der Waals surface area contributed by atoms with Gasteiger partial charge in [-0.1, -0.05) is 12.8 Å². The largest absolute Gasteiger partial charge is 0.507 e. The number of aliphatic hydroxyl groups is 2. The summed E-state index contributed by atoms with van der Waals surface area (Å²) in [6.07, 6.45) is -2.08. The number of amides is 5. The highest BCUT2D eigenvalue weighted by molar-refractivity contribution is 14.1. The molecule has 2 fully saturated rings. The molecule has 1 aromatic heterocycles. The van der Waals surface area contributed by atoms with Crippen molar-refractivity contribution in [2.24, 2.45) is 0 Å². The molecule has 0 unspecified atom stereocenters. The van der Waals surface area contributed by atoms with Crippen LogP contribution in [-0.2, 0) is 50.7 Å². The Morgan fingerprint density at radius 1 is 0.823 bits per heavy atom. The number of halogens is 6. The first-order chi connectivity index (χ1) is 37.4. The van der Waals surface area contributed by atoms with E-state index in [4.69, 9.17) is 23.7 Å². The Morgan fingerprint density at radius 3 is 2.22 bits per heavy atom. The number of hydrogen-bond acceptors (Lipinski definition) is 16. The number of hydrogen-bond donors (Lipinski definition) is 8. The molecule has 438 valence electrons. The van der Waals surface area contributed by atoms with Gasteiger partial charge in [-0.2, -0.15) is 13.2 Å². The van der Waals surface area contributed by atoms with E-state index < -0.39 is 54.0 Å². The molecule has 2 aliphatic heterocycles. The van der Waals surface area contributed by atoms with Crippen LogP contribution in [0, 0.1) is 10.7 Å². The second-order valence-electron chi connectivity index (χ2n) is 20.0. The van der Waals surface area contributed by atoms with Crippen molar-refractivity contribution in [3.8, 4) is 17.2 Å². The Kier molecular flexibility index (Phi) is 27.0. The number of ether oxygens (including phenoxy) is 5. The van der Waals surface area contributed by atoms with E-state index in [0.717, 1.165) is 38.2 Å². The third kappa shape index (κ3) is 23.3. The van der Waals surface area contributed by atoms with Crippen molar-refractivity contribution in [2.45, 2.75) is 140 Å². The quantitative estimate of drug-likeness (QED) is 0.0291. The number of benzene rings is 2. The maximum absolute atomic E-state index is 13.8. The van der Waals surface area contributed by atoms with Crippen molar-refractivity contribution >= 4 is 103 Å². The minimum Gasteiger partial charge on any atom is -0.507 e. The number of aromatic hydroxyl groups is 1. The number of phenols is 1. The lowest BCUT2D eigenvalue weighted by Crippen LogP contribution is -2.57. The van der Waals surface area contributed by atoms with Crippen LogP contribution < -0.4 is 31.3 Å². The lowest BCUT2D eigenvalue weighted by molar-refractivity contribution is -0.159. The molecular weight excluding hydrogens is 1380 g/mol. The van der Waals surface area contributed by atoms with E-state index in [-0.39, 0.29) is 99.9 Å². The number of unbranched alkanes of at least 4 members (excludes halogenated alkanes) is 3. The first kappa shape index (κ1) is 65.7. The lowest BCUT2D eigenvalue weighted by atomic mass is 9.98. The normalized spacial score (nSPS) is 18.3. The minimum absolute atomic E-state index is 0.0136. The number of phenolic OH excluding ortho intramolecular Hbond substituents is 1. The summed E-state index contributed by atoms with van der Waals surface area (Å²) in [7, 11) is 0. The van der Waals surface area contributed by atoms with E-state index in [2.05, 4.69) is 81.7 Å². The van der Waals surface area contributed by atoms with E-state index in [0.29, 0.717) is 73.2 Å². The van der Waals surface area contributed by atoms with Gasteiger partial charge in [0.25, 0.3) is 0 Å². The average Bonchev–Trinajstić information content (AvgIpc) is 3.41.